The summed E-state index contributed by atoms with van der Waals surface area (Å²) in [5.74, 6) is -0.0799. The highest BCUT2D eigenvalue weighted by Crippen LogP contribution is 2.20. The van der Waals surface area contributed by atoms with E-state index in [9.17, 15) is 4.79 Å². The number of thiazole rings is 1. The van der Waals surface area contributed by atoms with Crippen LogP contribution in [-0.4, -0.2) is 24.1 Å². The zero-order valence-corrected chi connectivity index (χ0v) is 13.6. The maximum absolute atomic E-state index is 11.2. The Morgan fingerprint density at radius 2 is 2.20 bits per heavy atom. The van der Waals surface area contributed by atoms with E-state index >= 15 is 0 Å². The number of hydrogen-bond acceptors (Lipinski definition) is 5. The Morgan fingerprint density at radius 1 is 1.40 bits per heavy atom. The van der Waals surface area contributed by atoms with Crippen molar-refractivity contribution >= 4 is 17.3 Å². The number of ether oxygens (including phenoxy) is 1. The molecular weight excluding hydrogens is 272 g/mol. The molecule has 0 saturated heterocycles. The van der Waals surface area contributed by atoms with Crippen LogP contribution < -0.4 is 5.32 Å². The fourth-order valence-electron chi connectivity index (χ4n) is 1.90. The number of esters is 1. The van der Waals surface area contributed by atoms with Crippen molar-refractivity contribution in [1.82, 2.24) is 10.3 Å². The lowest BCUT2D eigenvalue weighted by Crippen LogP contribution is -2.19. The molecule has 0 aliphatic carbocycles. The summed E-state index contributed by atoms with van der Waals surface area (Å²) in [5, 5.41) is 4.64. The van der Waals surface area contributed by atoms with E-state index in [1.165, 1.54) is 4.88 Å². The van der Waals surface area contributed by atoms with Crippen LogP contribution in [0.3, 0.4) is 0 Å². The van der Waals surface area contributed by atoms with Crippen LogP contribution in [0.15, 0.2) is 6.20 Å². The topological polar surface area (TPSA) is 51.2 Å². The van der Waals surface area contributed by atoms with Crippen LogP contribution >= 0.6 is 11.3 Å². The van der Waals surface area contributed by atoms with Crippen molar-refractivity contribution in [2.75, 3.05) is 13.2 Å². The van der Waals surface area contributed by atoms with Crippen molar-refractivity contribution in [2.24, 2.45) is 0 Å². The van der Waals surface area contributed by atoms with Crippen molar-refractivity contribution in [2.45, 2.75) is 58.9 Å². The number of aryl methyl sites for hydroxylation is 1. The third-order valence-electron chi connectivity index (χ3n) is 3.10. The van der Waals surface area contributed by atoms with E-state index in [0.29, 0.717) is 19.1 Å². The van der Waals surface area contributed by atoms with Gasteiger partial charge in [-0.2, -0.15) is 0 Å². The van der Waals surface area contributed by atoms with Gasteiger partial charge < -0.3 is 10.1 Å². The Labute approximate surface area is 125 Å². The molecule has 1 rings (SSSR count). The molecule has 1 N–H and O–H groups in total. The number of rotatable bonds is 10. The average molecular weight is 298 g/mol. The van der Waals surface area contributed by atoms with E-state index in [-0.39, 0.29) is 5.97 Å². The van der Waals surface area contributed by atoms with Crippen LogP contribution in [0, 0.1) is 0 Å². The van der Waals surface area contributed by atoms with Crippen LogP contribution in [0.25, 0.3) is 0 Å². The van der Waals surface area contributed by atoms with E-state index in [1.807, 2.05) is 13.1 Å². The molecule has 0 spiro atoms. The molecule has 4 nitrogen and oxygen atoms in total. The van der Waals surface area contributed by atoms with Crippen LogP contribution in [0.4, 0.5) is 0 Å². The summed E-state index contributed by atoms with van der Waals surface area (Å²) in [5.41, 5.74) is 0. The minimum absolute atomic E-state index is 0.0799. The molecular formula is C15H26N2O2S. The van der Waals surface area contributed by atoms with Gasteiger partial charge in [0.05, 0.1) is 12.6 Å². The van der Waals surface area contributed by atoms with Gasteiger partial charge in [0.15, 0.2) is 0 Å². The van der Waals surface area contributed by atoms with Crippen molar-refractivity contribution < 1.29 is 9.53 Å². The second-order valence-electron chi connectivity index (χ2n) is 4.81. The van der Waals surface area contributed by atoms with E-state index in [4.69, 9.17) is 4.74 Å². The molecule has 1 unspecified atom stereocenters. The summed E-state index contributed by atoms with van der Waals surface area (Å²) < 4.78 is 4.90. The summed E-state index contributed by atoms with van der Waals surface area (Å²) in [6.07, 6.45) is 6.60. The molecule has 1 atom stereocenters. The maximum Gasteiger partial charge on any atom is 0.305 e. The molecule has 0 aromatic carbocycles. The Morgan fingerprint density at radius 3 is 2.85 bits per heavy atom. The second-order valence-corrected chi connectivity index (χ2v) is 5.96. The molecule has 1 aromatic heterocycles. The van der Waals surface area contributed by atoms with E-state index in [1.54, 1.807) is 11.3 Å². The summed E-state index contributed by atoms with van der Waals surface area (Å²) in [6.45, 7) is 7.58. The predicted molar refractivity (Wildman–Crippen MR) is 83.0 cm³/mol. The summed E-state index contributed by atoms with van der Waals surface area (Å²) in [4.78, 5) is 16.9. The molecule has 0 aliphatic rings. The lowest BCUT2D eigenvalue weighted by molar-refractivity contribution is -0.143. The molecule has 0 bridgehead atoms. The average Bonchev–Trinajstić information content (AvgIpc) is 2.91. The fraction of sp³-hybridized carbons (Fsp3) is 0.733. The first-order valence-electron chi connectivity index (χ1n) is 7.51. The number of carbonyl (C=O) groups excluding carboxylic acids is 1. The van der Waals surface area contributed by atoms with E-state index in [2.05, 4.69) is 24.1 Å². The molecule has 0 fully saturated rings. The van der Waals surface area contributed by atoms with Crippen LogP contribution in [0.2, 0.25) is 0 Å². The number of nitrogens with one attached hydrogen (secondary N) is 1. The van der Waals surface area contributed by atoms with Gasteiger partial charge in [0.1, 0.15) is 5.01 Å². The highest BCUT2D eigenvalue weighted by molar-refractivity contribution is 7.11. The van der Waals surface area contributed by atoms with E-state index < -0.39 is 0 Å². The van der Waals surface area contributed by atoms with Crippen LogP contribution in [0.1, 0.15) is 62.4 Å². The van der Waals surface area contributed by atoms with Gasteiger partial charge in [0.2, 0.25) is 0 Å². The summed E-state index contributed by atoms with van der Waals surface area (Å²) in [6, 6.07) is 0.311. The lowest BCUT2D eigenvalue weighted by Gasteiger charge is -2.10. The Balaban J connectivity index is 2.07. The Bertz CT molecular complexity index is 393. The quantitative estimate of drug-likeness (QED) is 0.531. The lowest BCUT2D eigenvalue weighted by atomic mass is 10.2. The first-order valence-corrected chi connectivity index (χ1v) is 8.32. The Hall–Kier alpha value is -0.940. The van der Waals surface area contributed by atoms with Crippen molar-refractivity contribution in [3.8, 4) is 0 Å². The van der Waals surface area contributed by atoms with Crippen molar-refractivity contribution in [1.29, 1.82) is 0 Å². The molecule has 1 heterocycles. The minimum Gasteiger partial charge on any atom is -0.466 e. The van der Waals surface area contributed by atoms with Gasteiger partial charge in [-0.25, -0.2) is 4.98 Å². The number of aromatic nitrogens is 1. The van der Waals surface area contributed by atoms with Gasteiger partial charge in [-0.1, -0.05) is 13.3 Å². The Kier molecular flexibility index (Phi) is 8.46. The monoisotopic (exact) mass is 298 g/mol. The first kappa shape index (κ1) is 17.1. The minimum atomic E-state index is -0.0799. The number of unbranched alkanes of at least 4 members (excludes halogenated alkanes) is 2. The molecule has 1 aromatic rings. The smallest absolute Gasteiger partial charge is 0.305 e. The number of nitrogens with zero attached hydrogens (tertiary/aromatic N) is 1. The molecule has 0 amide bonds. The largest absolute Gasteiger partial charge is 0.466 e. The van der Waals surface area contributed by atoms with Crippen molar-refractivity contribution in [3.63, 3.8) is 0 Å². The van der Waals surface area contributed by atoms with Crippen LogP contribution in [-0.2, 0) is 16.0 Å². The number of hydrogen-bond donors (Lipinski definition) is 1. The predicted octanol–water partition coefficient (Wildman–Crippen LogP) is 3.48. The van der Waals surface area contributed by atoms with Gasteiger partial charge in [-0.05, 0) is 39.7 Å². The third kappa shape index (κ3) is 6.48. The second kappa shape index (κ2) is 9.88. The van der Waals surface area contributed by atoms with E-state index in [0.717, 1.165) is 37.2 Å². The fourth-order valence-corrected chi connectivity index (χ4v) is 2.78. The van der Waals surface area contributed by atoms with Gasteiger partial charge >= 0.3 is 5.97 Å². The molecule has 0 radical (unpaired) electrons. The van der Waals surface area contributed by atoms with Crippen molar-refractivity contribution in [3.05, 3.63) is 16.1 Å². The zero-order chi connectivity index (χ0) is 14.8. The highest BCUT2D eigenvalue weighted by Gasteiger charge is 2.09. The maximum atomic E-state index is 11.2. The first-order chi connectivity index (χ1) is 9.67. The van der Waals surface area contributed by atoms with Gasteiger partial charge in [0.25, 0.3) is 0 Å². The third-order valence-corrected chi connectivity index (χ3v) is 4.43. The number of carbonyl (C=O) groups is 1. The zero-order valence-electron chi connectivity index (χ0n) is 12.8. The molecule has 20 heavy (non-hydrogen) atoms. The molecule has 0 aliphatic heterocycles. The molecule has 0 saturated carbocycles. The molecule has 5 heteroatoms. The van der Waals surface area contributed by atoms with Gasteiger partial charge in [-0.3, -0.25) is 4.79 Å². The summed E-state index contributed by atoms with van der Waals surface area (Å²) >= 11 is 1.78. The van der Waals surface area contributed by atoms with Gasteiger partial charge in [-0.15, -0.1) is 11.3 Å². The van der Waals surface area contributed by atoms with Gasteiger partial charge in [0, 0.05) is 17.5 Å². The van der Waals surface area contributed by atoms with Crippen LogP contribution in [0.5, 0.6) is 0 Å². The summed E-state index contributed by atoms with van der Waals surface area (Å²) in [7, 11) is 0. The normalized spacial score (nSPS) is 12.3. The highest BCUT2D eigenvalue weighted by atomic mass is 32.1. The SMILES string of the molecule is CCOC(=O)CCCCCNC(C)c1ncc(CC)s1. The standard InChI is InChI=1S/C15H26N2O2S/c1-4-13-11-17-15(20-13)12(3)16-10-8-6-7-9-14(18)19-5-2/h11-12,16H,4-10H2,1-3H3. The molecule has 114 valence electrons.